The molecule has 0 N–H and O–H groups in total. The van der Waals surface area contributed by atoms with Gasteiger partial charge in [-0.25, -0.2) is 4.39 Å². The van der Waals surface area contributed by atoms with Crippen LogP contribution in [0.4, 0.5) is 17.6 Å². The summed E-state index contributed by atoms with van der Waals surface area (Å²) in [6.07, 6.45) is -5.58. The van der Waals surface area contributed by atoms with Crippen molar-refractivity contribution in [2.75, 3.05) is 0 Å². The van der Waals surface area contributed by atoms with E-state index in [4.69, 9.17) is 11.6 Å². The molecule has 0 saturated heterocycles. The first-order chi connectivity index (χ1) is 6.31. The Bertz CT molecular complexity index is 343. The van der Waals surface area contributed by atoms with Crippen molar-refractivity contribution in [3.05, 3.63) is 34.1 Å². The second-order valence-electron chi connectivity index (χ2n) is 2.96. The maximum atomic E-state index is 13.1. The van der Waals surface area contributed by atoms with Crippen LogP contribution in [0, 0.1) is 12.7 Å². The molecule has 0 bridgehead atoms. The van der Waals surface area contributed by atoms with Crippen LogP contribution < -0.4 is 0 Å². The zero-order chi connectivity index (χ0) is 10.9. The quantitative estimate of drug-likeness (QED) is 0.638. The number of hydrogen-bond acceptors (Lipinski definition) is 0. The molecule has 1 aromatic carbocycles. The Morgan fingerprint density at radius 2 is 1.86 bits per heavy atom. The van der Waals surface area contributed by atoms with Gasteiger partial charge in [-0.2, -0.15) is 13.2 Å². The van der Waals surface area contributed by atoms with E-state index in [-0.39, 0.29) is 11.1 Å². The SMILES string of the molecule is Cc1ccc(CC(F)(F)F)c(Cl)c1F. The number of rotatable bonds is 1. The Hall–Kier alpha value is -0.770. The third-order valence-electron chi connectivity index (χ3n) is 1.75. The van der Waals surface area contributed by atoms with Gasteiger partial charge in [0.2, 0.25) is 0 Å². The lowest BCUT2D eigenvalue weighted by atomic mass is 10.1. The fraction of sp³-hybridized carbons (Fsp3) is 0.333. The van der Waals surface area contributed by atoms with Gasteiger partial charge in [0.05, 0.1) is 11.4 Å². The molecule has 0 nitrogen and oxygen atoms in total. The molecule has 0 spiro atoms. The van der Waals surface area contributed by atoms with Crippen LogP contribution in [-0.4, -0.2) is 6.18 Å². The van der Waals surface area contributed by atoms with Gasteiger partial charge in [0.15, 0.2) is 0 Å². The molecule has 5 heteroatoms. The van der Waals surface area contributed by atoms with Crippen LogP contribution in [0.25, 0.3) is 0 Å². The summed E-state index contributed by atoms with van der Waals surface area (Å²) in [5.74, 6) is -0.784. The average Bonchev–Trinajstić information content (AvgIpc) is 2.04. The molecule has 0 aliphatic heterocycles. The van der Waals surface area contributed by atoms with Gasteiger partial charge in [-0.05, 0) is 18.1 Å². The van der Waals surface area contributed by atoms with Crippen LogP contribution in [0.15, 0.2) is 12.1 Å². The predicted molar refractivity (Wildman–Crippen MR) is 45.9 cm³/mol. The molecule has 1 aromatic rings. The van der Waals surface area contributed by atoms with Crippen molar-refractivity contribution in [1.82, 2.24) is 0 Å². The zero-order valence-corrected chi connectivity index (χ0v) is 8.01. The van der Waals surface area contributed by atoms with E-state index < -0.39 is 23.4 Å². The molecular weight excluding hydrogens is 220 g/mol. The van der Waals surface area contributed by atoms with Crippen LogP contribution in [0.2, 0.25) is 5.02 Å². The van der Waals surface area contributed by atoms with Gasteiger partial charge >= 0.3 is 6.18 Å². The average molecular weight is 227 g/mol. The first-order valence-electron chi connectivity index (χ1n) is 3.81. The standard InChI is InChI=1S/C9H7ClF4/c1-5-2-3-6(4-9(12,13)14)7(10)8(5)11/h2-3H,4H2,1H3. The molecule has 78 valence electrons. The molecule has 0 aliphatic carbocycles. The predicted octanol–water partition coefficient (Wildman–Crippen LogP) is 3.89. The number of benzene rings is 1. The van der Waals surface area contributed by atoms with E-state index in [2.05, 4.69) is 0 Å². The molecule has 14 heavy (non-hydrogen) atoms. The highest BCUT2D eigenvalue weighted by Gasteiger charge is 2.29. The lowest BCUT2D eigenvalue weighted by Crippen LogP contribution is -2.12. The number of alkyl halides is 3. The van der Waals surface area contributed by atoms with Gasteiger partial charge in [-0.1, -0.05) is 23.7 Å². The molecule has 0 radical (unpaired) electrons. The second kappa shape index (κ2) is 3.77. The Balaban J connectivity index is 3.06. The van der Waals surface area contributed by atoms with Gasteiger partial charge in [-0.3, -0.25) is 0 Å². The van der Waals surface area contributed by atoms with Crippen LogP contribution >= 0.6 is 11.6 Å². The summed E-state index contributed by atoms with van der Waals surface area (Å²) in [6.45, 7) is 1.44. The fourth-order valence-electron chi connectivity index (χ4n) is 1.04. The summed E-state index contributed by atoms with van der Waals surface area (Å²) < 4.78 is 49.0. The van der Waals surface area contributed by atoms with E-state index in [1.54, 1.807) is 0 Å². The topological polar surface area (TPSA) is 0 Å². The molecule has 0 fully saturated rings. The van der Waals surface area contributed by atoms with Gasteiger partial charge in [0, 0.05) is 0 Å². The maximum Gasteiger partial charge on any atom is 0.393 e. The van der Waals surface area contributed by atoms with Gasteiger partial charge in [-0.15, -0.1) is 0 Å². The smallest absolute Gasteiger partial charge is 0.205 e. The maximum absolute atomic E-state index is 13.1. The third kappa shape index (κ3) is 2.61. The van der Waals surface area contributed by atoms with Gasteiger partial charge in [0.25, 0.3) is 0 Å². The highest BCUT2D eigenvalue weighted by molar-refractivity contribution is 6.31. The van der Waals surface area contributed by atoms with Gasteiger partial charge in [0.1, 0.15) is 5.82 Å². The first kappa shape index (κ1) is 11.3. The van der Waals surface area contributed by atoms with Crippen molar-refractivity contribution in [1.29, 1.82) is 0 Å². The summed E-state index contributed by atoms with van der Waals surface area (Å²) in [5, 5.41) is -0.442. The van der Waals surface area contributed by atoms with Crippen LogP contribution in [-0.2, 0) is 6.42 Å². The van der Waals surface area contributed by atoms with Crippen LogP contribution in [0.5, 0.6) is 0 Å². The monoisotopic (exact) mass is 226 g/mol. The van der Waals surface area contributed by atoms with E-state index in [9.17, 15) is 17.6 Å². The summed E-state index contributed by atoms with van der Waals surface area (Å²) >= 11 is 5.43. The summed E-state index contributed by atoms with van der Waals surface area (Å²) in [4.78, 5) is 0. The molecule has 0 unspecified atom stereocenters. The number of halogens is 5. The van der Waals surface area contributed by atoms with Gasteiger partial charge < -0.3 is 0 Å². The lowest BCUT2D eigenvalue weighted by molar-refractivity contribution is -0.127. The van der Waals surface area contributed by atoms with Crippen LogP contribution in [0.1, 0.15) is 11.1 Å². The van der Waals surface area contributed by atoms with E-state index in [1.807, 2.05) is 0 Å². The first-order valence-corrected chi connectivity index (χ1v) is 4.19. The van der Waals surface area contributed by atoms with Crippen molar-refractivity contribution in [2.45, 2.75) is 19.5 Å². The van der Waals surface area contributed by atoms with Crippen molar-refractivity contribution in [3.8, 4) is 0 Å². The van der Waals surface area contributed by atoms with Crippen LogP contribution in [0.3, 0.4) is 0 Å². The minimum absolute atomic E-state index is 0.234. The molecule has 0 atom stereocenters. The molecule has 0 aliphatic rings. The Labute approximate surface area is 83.5 Å². The minimum atomic E-state index is -4.37. The minimum Gasteiger partial charge on any atom is -0.205 e. The normalized spacial score (nSPS) is 11.9. The molecule has 1 rings (SSSR count). The highest BCUT2D eigenvalue weighted by Crippen LogP contribution is 2.28. The molecule has 0 heterocycles. The summed E-state index contributed by atoms with van der Waals surface area (Å²) in [7, 11) is 0. The molecule has 0 amide bonds. The fourth-order valence-corrected chi connectivity index (χ4v) is 1.32. The molecular formula is C9H7ClF4. The summed E-state index contributed by atoms with van der Waals surface area (Å²) in [6, 6.07) is 2.47. The largest absolute Gasteiger partial charge is 0.393 e. The van der Waals surface area contributed by atoms with E-state index in [1.165, 1.54) is 19.1 Å². The Kier molecular flexibility index (Phi) is 3.04. The molecule has 0 saturated carbocycles. The van der Waals surface area contributed by atoms with Crippen molar-refractivity contribution >= 4 is 11.6 Å². The zero-order valence-electron chi connectivity index (χ0n) is 7.25. The van der Waals surface area contributed by atoms with Crippen molar-refractivity contribution in [2.24, 2.45) is 0 Å². The lowest BCUT2D eigenvalue weighted by Gasteiger charge is -2.09. The van der Waals surface area contributed by atoms with Crippen molar-refractivity contribution in [3.63, 3.8) is 0 Å². The molecule has 0 aromatic heterocycles. The van der Waals surface area contributed by atoms with E-state index in [0.29, 0.717) is 0 Å². The second-order valence-corrected chi connectivity index (χ2v) is 3.34. The van der Waals surface area contributed by atoms with Crippen molar-refractivity contribution < 1.29 is 17.6 Å². The third-order valence-corrected chi connectivity index (χ3v) is 2.15. The number of hydrogen-bond donors (Lipinski definition) is 0. The van der Waals surface area contributed by atoms with E-state index >= 15 is 0 Å². The highest BCUT2D eigenvalue weighted by atomic mass is 35.5. The Morgan fingerprint density at radius 1 is 1.29 bits per heavy atom. The van der Waals surface area contributed by atoms with E-state index in [0.717, 1.165) is 0 Å². The Morgan fingerprint density at radius 3 is 2.36 bits per heavy atom. The summed E-state index contributed by atoms with van der Waals surface area (Å²) in [5.41, 5.74) is 0.00295. The number of aryl methyl sites for hydroxylation is 1.